The van der Waals surface area contributed by atoms with Gasteiger partial charge in [-0.3, -0.25) is 4.79 Å². The van der Waals surface area contributed by atoms with Crippen LogP contribution in [-0.2, 0) is 9.53 Å². The highest BCUT2D eigenvalue weighted by atomic mass is 35.5. The standard InChI is InChI=1S/C23H26ClN5O5/c1-33-20(30)19-17(24)3-2-4-18(19)29-9-5-15(6-10-29)11-27-21(31)23(7-8-23)28-22(32)34-16-12-25-14-26-13-16/h2-4,12-15H,5-11H2,1H3,(H,27,31)(H,28,32). The van der Waals surface area contributed by atoms with E-state index in [1.54, 1.807) is 6.07 Å². The van der Waals surface area contributed by atoms with Gasteiger partial charge in [0.1, 0.15) is 17.4 Å². The van der Waals surface area contributed by atoms with Crippen molar-refractivity contribution in [1.82, 2.24) is 20.6 Å². The lowest BCUT2D eigenvalue weighted by atomic mass is 9.95. The minimum Gasteiger partial charge on any atom is -0.465 e. The molecule has 180 valence electrons. The van der Waals surface area contributed by atoms with E-state index >= 15 is 0 Å². The van der Waals surface area contributed by atoms with Gasteiger partial charge in [0.2, 0.25) is 5.91 Å². The number of hydrogen-bond donors (Lipinski definition) is 2. The Morgan fingerprint density at radius 1 is 1.18 bits per heavy atom. The Kier molecular flexibility index (Phi) is 7.16. The van der Waals surface area contributed by atoms with Crippen molar-refractivity contribution in [3.8, 4) is 5.75 Å². The van der Waals surface area contributed by atoms with Gasteiger partial charge in [0.05, 0.1) is 30.2 Å². The molecule has 4 rings (SSSR count). The van der Waals surface area contributed by atoms with Gasteiger partial charge in [0, 0.05) is 19.6 Å². The quantitative estimate of drug-likeness (QED) is 0.571. The Morgan fingerprint density at radius 2 is 1.88 bits per heavy atom. The normalized spacial score (nSPS) is 16.9. The summed E-state index contributed by atoms with van der Waals surface area (Å²) in [7, 11) is 1.33. The molecular weight excluding hydrogens is 462 g/mol. The largest absolute Gasteiger partial charge is 0.465 e. The molecule has 2 aromatic rings. The fourth-order valence-electron chi connectivity index (χ4n) is 4.06. The molecule has 2 aliphatic rings. The first kappa shape index (κ1) is 23.7. The van der Waals surface area contributed by atoms with Gasteiger partial charge in [-0.2, -0.15) is 0 Å². The van der Waals surface area contributed by atoms with Gasteiger partial charge in [0.25, 0.3) is 0 Å². The van der Waals surface area contributed by atoms with Crippen LogP contribution in [0.4, 0.5) is 10.5 Å². The topological polar surface area (TPSA) is 123 Å². The molecule has 10 nitrogen and oxygen atoms in total. The first-order valence-corrected chi connectivity index (χ1v) is 11.4. The van der Waals surface area contributed by atoms with E-state index in [9.17, 15) is 14.4 Å². The van der Waals surface area contributed by atoms with E-state index < -0.39 is 17.6 Å². The number of methoxy groups -OCH3 is 1. The number of carbonyl (C=O) groups excluding carboxylic acids is 3. The number of nitrogens with zero attached hydrogens (tertiary/aromatic N) is 3. The van der Waals surface area contributed by atoms with Crippen LogP contribution in [0.1, 0.15) is 36.0 Å². The van der Waals surface area contributed by atoms with Crippen LogP contribution in [0, 0.1) is 5.92 Å². The summed E-state index contributed by atoms with van der Waals surface area (Å²) in [6.45, 7) is 1.95. The van der Waals surface area contributed by atoms with Crippen molar-refractivity contribution in [3.63, 3.8) is 0 Å². The first-order valence-electron chi connectivity index (χ1n) is 11.1. The zero-order valence-corrected chi connectivity index (χ0v) is 19.5. The molecule has 1 aliphatic carbocycles. The summed E-state index contributed by atoms with van der Waals surface area (Å²) in [6, 6.07) is 5.35. The van der Waals surface area contributed by atoms with E-state index in [0.29, 0.717) is 30.0 Å². The molecule has 11 heteroatoms. The second kappa shape index (κ2) is 10.3. The van der Waals surface area contributed by atoms with Gasteiger partial charge < -0.3 is 25.0 Å². The van der Waals surface area contributed by atoms with Gasteiger partial charge in [0.15, 0.2) is 5.75 Å². The number of piperidine rings is 1. The van der Waals surface area contributed by atoms with Crippen molar-refractivity contribution in [3.05, 3.63) is 47.5 Å². The molecule has 2 fully saturated rings. The van der Waals surface area contributed by atoms with Crippen molar-refractivity contribution >= 4 is 35.3 Å². The van der Waals surface area contributed by atoms with Crippen LogP contribution >= 0.6 is 11.6 Å². The number of aromatic nitrogens is 2. The van der Waals surface area contributed by atoms with Gasteiger partial charge in [-0.05, 0) is 43.7 Å². The molecule has 2 amide bonds. The molecule has 1 saturated heterocycles. The molecule has 0 bridgehead atoms. The number of ether oxygens (including phenoxy) is 2. The van der Waals surface area contributed by atoms with E-state index in [1.807, 2.05) is 12.1 Å². The molecule has 0 atom stereocenters. The average molecular weight is 488 g/mol. The van der Waals surface area contributed by atoms with E-state index in [4.69, 9.17) is 21.1 Å². The number of rotatable bonds is 7. The smallest absolute Gasteiger partial charge is 0.413 e. The van der Waals surface area contributed by atoms with Crippen LogP contribution in [0.2, 0.25) is 5.02 Å². The summed E-state index contributed by atoms with van der Waals surface area (Å²) < 4.78 is 10.0. The Balaban J connectivity index is 1.26. The number of nitrogens with one attached hydrogen (secondary N) is 2. The number of hydrogen-bond acceptors (Lipinski definition) is 8. The monoisotopic (exact) mass is 487 g/mol. The number of halogens is 1. The summed E-state index contributed by atoms with van der Waals surface area (Å²) in [5, 5.41) is 6.01. The lowest BCUT2D eigenvalue weighted by molar-refractivity contribution is -0.124. The number of amides is 2. The van der Waals surface area contributed by atoms with Gasteiger partial charge in [-0.25, -0.2) is 19.6 Å². The fourth-order valence-corrected chi connectivity index (χ4v) is 4.31. The van der Waals surface area contributed by atoms with Crippen LogP contribution in [0.25, 0.3) is 0 Å². The summed E-state index contributed by atoms with van der Waals surface area (Å²) in [5.74, 6) is -0.183. The lowest BCUT2D eigenvalue weighted by Gasteiger charge is -2.34. The van der Waals surface area contributed by atoms with Crippen molar-refractivity contribution in [2.75, 3.05) is 31.6 Å². The Bertz CT molecular complexity index is 1050. The molecule has 1 aromatic heterocycles. The van der Waals surface area contributed by atoms with Crippen molar-refractivity contribution < 1.29 is 23.9 Å². The number of carbonyl (C=O) groups is 3. The molecular formula is C23H26ClN5O5. The highest BCUT2D eigenvalue weighted by molar-refractivity contribution is 6.34. The molecule has 1 saturated carbocycles. The van der Waals surface area contributed by atoms with Crippen LogP contribution in [-0.4, -0.2) is 60.2 Å². The molecule has 0 unspecified atom stereocenters. The molecule has 2 heterocycles. The molecule has 0 spiro atoms. The first-order chi connectivity index (χ1) is 16.4. The molecule has 34 heavy (non-hydrogen) atoms. The maximum atomic E-state index is 12.8. The van der Waals surface area contributed by atoms with E-state index in [-0.39, 0.29) is 17.6 Å². The van der Waals surface area contributed by atoms with Crippen LogP contribution < -0.4 is 20.3 Å². The Hall–Kier alpha value is -3.40. The third-order valence-electron chi connectivity index (χ3n) is 6.16. The van der Waals surface area contributed by atoms with E-state index in [0.717, 1.165) is 31.6 Å². The van der Waals surface area contributed by atoms with Crippen molar-refractivity contribution in [2.45, 2.75) is 31.2 Å². The van der Waals surface area contributed by atoms with Crippen LogP contribution in [0.3, 0.4) is 0 Å². The highest BCUT2D eigenvalue weighted by Gasteiger charge is 2.51. The van der Waals surface area contributed by atoms with Gasteiger partial charge >= 0.3 is 12.1 Å². The molecule has 2 N–H and O–H groups in total. The number of anilines is 1. The predicted octanol–water partition coefficient (Wildman–Crippen LogP) is 2.57. The minimum atomic E-state index is -0.927. The summed E-state index contributed by atoms with van der Waals surface area (Å²) in [5.41, 5.74) is 0.198. The second-order valence-electron chi connectivity index (χ2n) is 8.44. The fraction of sp³-hybridized carbons (Fsp3) is 0.435. The van der Waals surface area contributed by atoms with Crippen LogP contribution in [0.15, 0.2) is 36.9 Å². The van der Waals surface area contributed by atoms with Gasteiger partial charge in [-0.1, -0.05) is 17.7 Å². The third-order valence-corrected chi connectivity index (χ3v) is 6.48. The Labute approximate surface area is 202 Å². The average Bonchev–Trinajstić information content (AvgIpc) is 3.63. The third kappa shape index (κ3) is 5.39. The molecule has 0 radical (unpaired) electrons. The SMILES string of the molecule is COC(=O)c1c(Cl)cccc1N1CCC(CNC(=O)C2(NC(=O)Oc3cncnc3)CC2)CC1. The number of benzene rings is 1. The maximum absolute atomic E-state index is 12.8. The zero-order chi connectivity index (χ0) is 24.1. The van der Waals surface area contributed by atoms with E-state index in [2.05, 4.69) is 25.5 Å². The second-order valence-corrected chi connectivity index (χ2v) is 8.84. The molecule has 1 aromatic carbocycles. The Morgan fingerprint density at radius 3 is 2.53 bits per heavy atom. The molecule has 1 aliphatic heterocycles. The predicted molar refractivity (Wildman–Crippen MR) is 124 cm³/mol. The minimum absolute atomic E-state index is 0.207. The lowest BCUT2D eigenvalue weighted by Crippen LogP contribution is -2.51. The van der Waals surface area contributed by atoms with Crippen molar-refractivity contribution in [2.24, 2.45) is 5.92 Å². The summed E-state index contributed by atoms with van der Waals surface area (Å²) >= 11 is 6.25. The van der Waals surface area contributed by atoms with Gasteiger partial charge in [-0.15, -0.1) is 0 Å². The maximum Gasteiger partial charge on any atom is 0.413 e. The van der Waals surface area contributed by atoms with Crippen LogP contribution in [0.5, 0.6) is 5.75 Å². The highest BCUT2D eigenvalue weighted by Crippen LogP contribution is 2.36. The zero-order valence-electron chi connectivity index (χ0n) is 18.8. The summed E-state index contributed by atoms with van der Waals surface area (Å²) in [6.07, 6.45) is 6.16. The summed E-state index contributed by atoms with van der Waals surface area (Å²) in [4.78, 5) is 46.8. The number of esters is 1. The van der Waals surface area contributed by atoms with E-state index in [1.165, 1.54) is 25.8 Å². The van der Waals surface area contributed by atoms with Crippen molar-refractivity contribution in [1.29, 1.82) is 0 Å².